The van der Waals surface area contributed by atoms with Crippen molar-refractivity contribution < 1.29 is 9.53 Å². The number of aromatic amines is 1. The van der Waals surface area contributed by atoms with Gasteiger partial charge in [0.25, 0.3) is 0 Å². The SMILES string of the molecule is Cc1cccc(-c2[nH]cnc2-c2ccc3ncc(-c4ccc(C(=O)O[C@H]5CCN(C)C5)nc4)cc3c2)n1. The Labute approximate surface area is 214 Å². The van der Waals surface area contributed by atoms with Gasteiger partial charge in [0.1, 0.15) is 11.8 Å². The number of hydrogen-bond acceptors (Lipinski definition) is 7. The monoisotopic (exact) mass is 490 g/mol. The first-order valence-corrected chi connectivity index (χ1v) is 12.3. The topological polar surface area (TPSA) is 96.9 Å². The minimum atomic E-state index is -0.383. The second-order valence-electron chi connectivity index (χ2n) is 9.43. The van der Waals surface area contributed by atoms with Crippen LogP contribution in [0, 0.1) is 6.92 Å². The van der Waals surface area contributed by atoms with E-state index in [-0.39, 0.29) is 12.1 Å². The second kappa shape index (κ2) is 9.55. The number of carbonyl (C=O) groups is 1. The van der Waals surface area contributed by atoms with Crippen molar-refractivity contribution in [2.75, 3.05) is 20.1 Å². The highest BCUT2D eigenvalue weighted by atomic mass is 16.5. The van der Waals surface area contributed by atoms with Gasteiger partial charge in [-0.25, -0.2) is 14.8 Å². The Balaban J connectivity index is 1.27. The predicted molar refractivity (Wildman–Crippen MR) is 142 cm³/mol. The zero-order valence-electron chi connectivity index (χ0n) is 20.7. The lowest BCUT2D eigenvalue weighted by atomic mass is 10.0. The number of likely N-dealkylation sites (tertiary alicyclic amines) is 1. The summed E-state index contributed by atoms with van der Waals surface area (Å²) in [5.41, 5.74) is 7.47. The fourth-order valence-corrected chi connectivity index (χ4v) is 4.72. The van der Waals surface area contributed by atoms with E-state index in [0.717, 1.165) is 69.9 Å². The maximum atomic E-state index is 12.5. The molecule has 6 rings (SSSR count). The number of nitrogens with zero attached hydrogens (tertiary/aromatic N) is 5. The molecule has 1 aromatic carbocycles. The number of benzene rings is 1. The van der Waals surface area contributed by atoms with Crippen molar-refractivity contribution in [3.8, 4) is 33.8 Å². The number of ether oxygens (including phenoxy) is 1. The van der Waals surface area contributed by atoms with Crippen LogP contribution in [-0.4, -0.2) is 62.0 Å². The number of H-pyrrole nitrogens is 1. The predicted octanol–water partition coefficient (Wildman–Crippen LogP) is 4.92. The summed E-state index contributed by atoms with van der Waals surface area (Å²) in [6.45, 7) is 3.67. The number of aryl methyl sites for hydroxylation is 1. The molecule has 0 aliphatic carbocycles. The van der Waals surface area contributed by atoms with E-state index in [9.17, 15) is 4.79 Å². The molecular formula is C29H26N6O2. The Morgan fingerprint density at radius 3 is 2.62 bits per heavy atom. The normalized spacial score (nSPS) is 15.8. The highest BCUT2D eigenvalue weighted by molar-refractivity contribution is 5.90. The van der Waals surface area contributed by atoms with Crippen molar-refractivity contribution in [2.45, 2.75) is 19.4 Å². The summed E-state index contributed by atoms with van der Waals surface area (Å²) in [7, 11) is 2.02. The van der Waals surface area contributed by atoms with Crippen molar-refractivity contribution in [3.63, 3.8) is 0 Å². The van der Waals surface area contributed by atoms with E-state index in [1.54, 1.807) is 18.6 Å². The zero-order valence-corrected chi connectivity index (χ0v) is 20.7. The summed E-state index contributed by atoms with van der Waals surface area (Å²) in [5.74, 6) is -0.383. The second-order valence-corrected chi connectivity index (χ2v) is 9.43. The van der Waals surface area contributed by atoms with Gasteiger partial charge in [0.2, 0.25) is 0 Å². The molecule has 1 N–H and O–H groups in total. The summed E-state index contributed by atoms with van der Waals surface area (Å²) < 4.78 is 5.60. The minimum Gasteiger partial charge on any atom is -0.456 e. The van der Waals surface area contributed by atoms with Gasteiger partial charge in [-0.2, -0.15) is 0 Å². The largest absolute Gasteiger partial charge is 0.456 e. The van der Waals surface area contributed by atoms with Crippen LogP contribution in [-0.2, 0) is 4.74 Å². The van der Waals surface area contributed by atoms with E-state index in [1.165, 1.54) is 0 Å². The fraction of sp³-hybridized carbons (Fsp3) is 0.207. The molecule has 8 nitrogen and oxygen atoms in total. The summed E-state index contributed by atoms with van der Waals surface area (Å²) in [6.07, 6.45) is 5.99. The zero-order chi connectivity index (χ0) is 25.4. The molecule has 0 radical (unpaired) electrons. The minimum absolute atomic E-state index is 0.0745. The number of esters is 1. The van der Waals surface area contributed by atoms with E-state index >= 15 is 0 Å². The summed E-state index contributed by atoms with van der Waals surface area (Å²) in [5, 5.41) is 0.981. The molecule has 1 atom stereocenters. The Morgan fingerprint density at radius 2 is 1.84 bits per heavy atom. The number of likely N-dealkylation sites (N-methyl/N-ethyl adjacent to an activating group) is 1. The molecule has 5 heterocycles. The quantitative estimate of drug-likeness (QED) is 0.349. The Hall–Kier alpha value is -4.43. The van der Waals surface area contributed by atoms with Crippen LogP contribution in [0.25, 0.3) is 44.7 Å². The Bertz CT molecular complexity index is 1590. The molecule has 5 aromatic rings. The summed E-state index contributed by atoms with van der Waals surface area (Å²) in [4.78, 5) is 36.1. The van der Waals surface area contributed by atoms with Gasteiger partial charge >= 0.3 is 5.97 Å². The molecule has 184 valence electrons. The molecule has 1 saturated heterocycles. The van der Waals surface area contributed by atoms with Gasteiger partial charge in [-0.1, -0.05) is 18.2 Å². The molecular weight excluding hydrogens is 464 g/mol. The van der Waals surface area contributed by atoms with Crippen LogP contribution in [0.5, 0.6) is 0 Å². The molecule has 37 heavy (non-hydrogen) atoms. The molecule has 0 amide bonds. The first-order valence-electron chi connectivity index (χ1n) is 12.3. The molecule has 1 aliphatic heterocycles. The van der Waals surface area contributed by atoms with Crippen molar-refractivity contribution in [2.24, 2.45) is 0 Å². The number of fused-ring (bicyclic) bond motifs is 1. The first kappa shape index (κ1) is 23.0. The highest BCUT2D eigenvalue weighted by Crippen LogP contribution is 2.31. The standard InChI is InChI=1S/C29H26N6O2/c1-18-4-3-5-25(34-18)28-27(32-17-33-28)19-6-8-24-21(12-19)13-22(15-30-24)20-7-9-26(31-14-20)29(36)37-23-10-11-35(2)16-23/h3-9,12-15,17,23H,10-11,16H2,1-2H3,(H,32,33)/t23-/m0/s1. The van der Waals surface area contributed by atoms with E-state index in [0.29, 0.717) is 5.69 Å². The maximum absolute atomic E-state index is 12.5. The first-order chi connectivity index (χ1) is 18.0. The van der Waals surface area contributed by atoms with E-state index < -0.39 is 0 Å². The van der Waals surface area contributed by atoms with Crippen molar-refractivity contribution in [1.29, 1.82) is 0 Å². The third-order valence-electron chi connectivity index (χ3n) is 6.67. The smallest absolute Gasteiger partial charge is 0.357 e. The maximum Gasteiger partial charge on any atom is 0.357 e. The third-order valence-corrected chi connectivity index (χ3v) is 6.67. The number of aromatic nitrogens is 5. The van der Waals surface area contributed by atoms with Crippen LogP contribution in [0.15, 0.2) is 73.3 Å². The molecule has 0 saturated carbocycles. The number of carbonyl (C=O) groups excluding carboxylic acids is 1. The van der Waals surface area contributed by atoms with Gasteiger partial charge in [0, 0.05) is 53.3 Å². The van der Waals surface area contributed by atoms with Crippen LogP contribution < -0.4 is 0 Å². The van der Waals surface area contributed by atoms with E-state index in [2.05, 4.69) is 42.0 Å². The van der Waals surface area contributed by atoms with Crippen LogP contribution in [0.3, 0.4) is 0 Å². The number of nitrogens with one attached hydrogen (secondary N) is 1. The van der Waals surface area contributed by atoms with Crippen molar-refractivity contribution in [1.82, 2.24) is 29.8 Å². The Morgan fingerprint density at radius 1 is 1.00 bits per heavy atom. The fourth-order valence-electron chi connectivity index (χ4n) is 4.72. The molecule has 0 unspecified atom stereocenters. The average Bonchev–Trinajstić information content (AvgIpc) is 3.57. The van der Waals surface area contributed by atoms with Gasteiger partial charge in [-0.15, -0.1) is 0 Å². The van der Waals surface area contributed by atoms with Gasteiger partial charge < -0.3 is 14.6 Å². The average molecular weight is 491 g/mol. The lowest BCUT2D eigenvalue weighted by Crippen LogP contribution is -2.22. The summed E-state index contributed by atoms with van der Waals surface area (Å²) >= 11 is 0. The summed E-state index contributed by atoms with van der Waals surface area (Å²) in [6, 6.07) is 17.7. The number of hydrogen-bond donors (Lipinski definition) is 1. The lowest BCUT2D eigenvalue weighted by Gasteiger charge is -2.12. The molecule has 4 aromatic heterocycles. The van der Waals surface area contributed by atoms with Gasteiger partial charge in [0.05, 0.1) is 28.9 Å². The van der Waals surface area contributed by atoms with Crippen molar-refractivity contribution >= 4 is 16.9 Å². The van der Waals surface area contributed by atoms with Crippen LogP contribution in [0.1, 0.15) is 22.6 Å². The third kappa shape index (κ3) is 4.71. The molecule has 1 aliphatic rings. The lowest BCUT2D eigenvalue weighted by molar-refractivity contribution is 0.0320. The highest BCUT2D eigenvalue weighted by Gasteiger charge is 2.24. The number of rotatable bonds is 5. The number of pyridine rings is 3. The van der Waals surface area contributed by atoms with E-state index in [1.807, 2.05) is 56.6 Å². The van der Waals surface area contributed by atoms with Crippen LogP contribution in [0.2, 0.25) is 0 Å². The Kier molecular flexibility index (Phi) is 5.94. The van der Waals surface area contributed by atoms with Crippen LogP contribution >= 0.6 is 0 Å². The molecule has 8 heteroatoms. The van der Waals surface area contributed by atoms with Crippen LogP contribution in [0.4, 0.5) is 0 Å². The number of imidazole rings is 1. The molecule has 1 fully saturated rings. The van der Waals surface area contributed by atoms with Crippen molar-refractivity contribution in [3.05, 3.63) is 84.7 Å². The van der Waals surface area contributed by atoms with Gasteiger partial charge in [0.15, 0.2) is 0 Å². The molecule has 0 bridgehead atoms. The van der Waals surface area contributed by atoms with E-state index in [4.69, 9.17) is 4.74 Å². The van der Waals surface area contributed by atoms with Gasteiger partial charge in [-0.3, -0.25) is 9.97 Å². The molecule has 0 spiro atoms. The van der Waals surface area contributed by atoms with Gasteiger partial charge in [-0.05, 0) is 56.8 Å².